The van der Waals surface area contributed by atoms with Crippen LogP contribution in [0.2, 0.25) is 0 Å². The third-order valence-corrected chi connectivity index (χ3v) is 3.48. The lowest BCUT2D eigenvalue weighted by Crippen LogP contribution is -2.48. The molecule has 2 aromatic carbocycles. The van der Waals surface area contributed by atoms with E-state index >= 15 is 0 Å². The SMILES string of the molecule is CCOc1cccc(C(=O)NC(=S)NNC(=O)c2ccc(OC)cc2)c1. The van der Waals surface area contributed by atoms with Crippen LogP contribution in [0, 0.1) is 0 Å². The van der Waals surface area contributed by atoms with Crippen LogP contribution >= 0.6 is 12.2 Å². The largest absolute Gasteiger partial charge is 0.497 e. The van der Waals surface area contributed by atoms with Crippen LogP contribution in [0.3, 0.4) is 0 Å². The van der Waals surface area contributed by atoms with E-state index in [0.29, 0.717) is 29.2 Å². The minimum Gasteiger partial charge on any atom is -0.497 e. The average Bonchev–Trinajstić information content (AvgIpc) is 2.66. The topological polar surface area (TPSA) is 88.7 Å². The second-order valence-electron chi connectivity index (χ2n) is 5.05. The summed E-state index contributed by atoms with van der Waals surface area (Å²) in [6.45, 7) is 2.36. The summed E-state index contributed by atoms with van der Waals surface area (Å²) in [4.78, 5) is 24.2. The number of amides is 2. The molecule has 26 heavy (non-hydrogen) atoms. The zero-order valence-electron chi connectivity index (χ0n) is 14.4. The number of thiocarbonyl (C=S) groups is 1. The predicted octanol–water partition coefficient (Wildman–Crippen LogP) is 2.04. The Kier molecular flexibility index (Phi) is 6.92. The zero-order chi connectivity index (χ0) is 18.9. The molecule has 3 N–H and O–H groups in total. The third kappa shape index (κ3) is 5.45. The lowest BCUT2D eigenvalue weighted by Gasteiger charge is -2.11. The first-order valence-corrected chi connectivity index (χ1v) is 8.23. The maximum absolute atomic E-state index is 12.2. The summed E-state index contributed by atoms with van der Waals surface area (Å²) < 4.78 is 10.4. The lowest BCUT2D eigenvalue weighted by molar-refractivity contribution is 0.0934. The first-order valence-electron chi connectivity index (χ1n) is 7.82. The van der Waals surface area contributed by atoms with E-state index < -0.39 is 11.8 Å². The molecule has 0 aliphatic rings. The summed E-state index contributed by atoms with van der Waals surface area (Å²) in [5, 5.41) is 2.45. The Balaban J connectivity index is 1.86. The average molecular weight is 373 g/mol. The number of carbonyl (C=O) groups excluding carboxylic acids is 2. The van der Waals surface area contributed by atoms with Crippen molar-refractivity contribution in [3.05, 3.63) is 59.7 Å². The molecule has 0 aliphatic heterocycles. The second-order valence-corrected chi connectivity index (χ2v) is 5.46. The van der Waals surface area contributed by atoms with Crippen LogP contribution in [0.1, 0.15) is 27.6 Å². The summed E-state index contributed by atoms with van der Waals surface area (Å²) in [5.74, 6) is 0.420. The molecular formula is C18H19N3O4S. The highest BCUT2D eigenvalue weighted by molar-refractivity contribution is 7.80. The minimum absolute atomic E-state index is 0.0290. The summed E-state index contributed by atoms with van der Waals surface area (Å²) in [5.41, 5.74) is 5.71. The highest BCUT2D eigenvalue weighted by Gasteiger charge is 2.10. The maximum Gasteiger partial charge on any atom is 0.269 e. The standard InChI is InChI=1S/C18H19N3O4S/c1-3-25-15-6-4-5-13(11-15)16(22)19-18(26)21-20-17(23)12-7-9-14(24-2)10-8-12/h4-11H,3H2,1-2H3,(H,20,23)(H2,19,21,22,26). The van der Waals surface area contributed by atoms with Crippen molar-refractivity contribution in [1.29, 1.82) is 0 Å². The van der Waals surface area contributed by atoms with E-state index in [1.807, 2.05) is 6.92 Å². The van der Waals surface area contributed by atoms with Gasteiger partial charge in [0.25, 0.3) is 11.8 Å². The van der Waals surface area contributed by atoms with Crippen molar-refractivity contribution in [2.45, 2.75) is 6.92 Å². The van der Waals surface area contributed by atoms with E-state index in [2.05, 4.69) is 16.2 Å². The number of nitrogens with one attached hydrogen (secondary N) is 3. The van der Waals surface area contributed by atoms with Gasteiger partial charge in [0.15, 0.2) is 5.11 Å². The summed E-state index contributed by atoms with van der Waals surface area (Å²) in [6.07, 6.45) is 0. The Morgan fingerprint density at radius 1 is 0.962 bits per heavy atom. The van der Waals surface area contributed by atoms with Gasteiger partial charge in [0, 0.05) is 11.1 Å². The molecule has 8 heteroatoms. The van der Waals surface area contributed by atoms with E-state index in [1.165, 1.54) is 0 Å². The van der Waals surface area contributed by atoms with Gasteiger partial charge in [-0.05, 0) is 61.6 Å². The van der Waals surface area contributed by atoms with Gasteiger partial charge in [-0.15, -0.1) is 0 Å². The molecule has 2 rings (SSSR count). The first kappa shape index (κ1) is 19.2. The molecule has 7 nitrogen and oxygen atoms in total. The fourth-order valence-electron chi connectivity index (χ4n) is 2.03. The number of methoxy groups -OCH3 is 1. The van der Waals surface area contributed by atoms with Gasteiger partial charge < -0.3 is 9.47 Å². The van der Waals surface area contributed by atoms with Crippen LogP contribution in [0.15, 0.2) is 48.5 Å². The van der Waals surface area contributed by atoms with Gasteiger partial charge in [0.1, 0.15) is 11.5 Å². The monoisotopic (exact) mass is 373 g/mol. The van der Waals surface area contributed by atoms with E-state index in [9.17, 15) is 9.59 Å². The minimum atomic E-state index is -0.414. The molecule has 0 fully saturated rings. The van der Waals surface area contributed by atoms with E-state index in [0.717, 1.165) is 0 Å². The lowest BCUT2D eigenvalue weighted by atomic mass is 10.2. The smallest absolute Gasteiger partial charge is 0.269 e. The van der Waals surface area contributed by atoms with Crippen molar-refractivity contribution >= 4 is 29.1 Å². The van der Waals surface area contributed by atoms with Crippen LogP contribution in [0.4, 0.5) is 0 Å². The van der Waals surface area contributed by atoms with Crippen LogP contribution in [0.5, 0.6) is 11.5 Å². The predicted molar refractivity (Wildman–Crippen MR) is 101 cm³/mol. The molecule has 2 amide bonds. The van der Waals surface area contributed by atoms with E-state index in [1.54, 1.807) is 55.6 Å². The molecular weight excluding hydrogens is 354 g/mol. The highest BCUT2D eigenvalue weighted by Crippen LogP contribution is 2.13. The summed E-state index contributed by atoms with van der Waals surface area (Å²) >= 11 is 5.01. The van der Waals surface area contributed by atoms with Crippen LogP contribution < -0.4 is 25.6 Å². The first-order chi connectivity index (χ1) is 12.5. The number of hydrazine groups is 1. The quantitative estimate of drug-likeness (QED) is 0.549. The van der Waals surface area contributed by atoms with Gasteiger partial charge in [0.2, 0.25) is 0 Å². The van der Waals surface area contributed by atoms with Gasteiger partial charge in [0.05, 0.1) is 13.7 Å². The zero-order valence-corrected chi connectivity index (χ0v) is 15.2. The molecule has 0 aliphatic carbocycles. The van der Waals surface area contributed by atoms with E-state index in [4.69, 9.17) is 21.7 Å². The summed E-state index contributed by atoms with van der Waals surface area (Å²) in [6, 6.07) is 13.3. The Morgan fingerprint density at radius 3 is 2.35 bits per heavy atom. The number of benzene rings is 2. The third-order valence-electron chi connectivity index (χ3n) is 3.28. The number of rotatable bonds is 5. The molecule has 0 saturated carbocycles. The summed E-state index contributed by atoms with van der Waals surface area (Å²) in [7, 11) is 1.54. The Bertz CT molecular complexity index is 793. The Labute approximate surface area is 156 Å². The molecule has 0 aromatic heterocycles. The molecule has 0 atom stereocenters. The fourth-order valence-corrected chi connectivity index (χ4v) is 2.17. The van der Waals surface area contributed by atoms with Crippen molar-refractivity contribution in [3.8, 4) is 11.5 Å². The maximum atomic E-state index is 12.2. The normalized spacial score (nSPS) is 9.77. The second kappa shape index (κ2) is 9.38. The number of hydrogen-bond acceptors (Lipinski definition) is 5. The number of carbonyl (C=O) groups is 2. The molecule has 0 heterocycles. The number of hydrogen-bond donors (Lipinski definition) is 3. The molecule has 0 bridgehead atoms. The molecule has 0 saturated heterocycles. The van der Waals surface area contributed by atoms with Gasteiger partial charge in [-0.25, -0.2) is 0 Å². The Morgan fingerprint density at radius 2 is 1.69 bits per heavy atom. The molecule has 2 aromatic rings. The van der Waals surface area contributed by atoms with Crippen molar-refractivity contribution < 1.29 is 19.1 Å². The van der Waals surface area contributed by atoms with Crippen molar-refractivity contribution in [2.24, 2.45) is 0 Å². The van der Waals surface area contributed by atoms with Crippen LogP contribution in [-0.2, 0) is 0 Å². The van der Waals surface area contributed by atoms with Gasteiger partial charge >= 0.3 is 0 Å². The van der Waals surface area contributed by atoms with Crippen molar-refractivity contribution in [2.75, 3.05) is 13.7 Å². The van der Waals surface area contributed by atoms with Gasteiger partial charge in [-0.2, -0.15) is 0 Å². The van der Waals surface area contributed by atoms with Crippen molar-refractivity contribution in [3.63, 3.8) is 0 Å². The van der Waals surface area contributed by atoms with Gasteiger partial charge in [-0.1, -0.05) is 6.07 Å². The Hall–Kier alpha value is -3.13. The molecule has 0 unspecified atom stereocenters. The highest BCUT2D eigenvalue weighted by atomic mass is 32.1. The van der Waals surface area contributed by atoms with Crippen LogP contribution in [-0.4, -0.2) is 30.6 Å². The van der Waals surface area contributed by atoms with E-state index in [-0.39, 0.29) is 5.11 Å². The fraction of sp³-hybridized carbons (Fsp3) is 0.167. The van der Waals surface area contributed by atoms with Crippen molar-refractivity contribution in [1.82, 2.24) is 16.2 Å². The van der Waals surface area contributed by atoms with Gasteiger partial charge in [-0.3, -0.25) is 25.8 Å². The van der Waals surface area contributed by atoms with Crippen LogP contribution in [0.25, 0.3) is 0 Å². The molecule has 0 radical (unpaired) electrons. The molecule has 0 spiro atoms. The molecule has 136 valence electrons. The number of ether oxygens (including phenoxy) is 2.